The van der Waals surface area contributed by atoms with Crippen molar-refractivity contribution in [3.8, 4) is 0 Å². The first kappa shape index (κ1) is 29.5. The molecule has 0 saturated carbocycles. The van der Waals surface area contributed by atoms with E-state index < -0.39 is 29.9 Å². The largest absolute Gasteiger partial charge is 0.480 e. The number of rotatable bonds is 10. The number of nitrogens with one attached hydrogen (secondary N) is 3. The molecule has 11 heteroatoms. The summed E-state index contributed by atoms with van der Waals surface area (Å²) in [5.41, 5.74) is 2.82. The Morgan fingerprint density at radius 1 is 0.872 bits per heavy atom. The number of hydrogen-bond acceptors (Lipinski definition) is 4. The zero-order valence-electron chi connectivity index (χ0n) is 21.3. The molecule has 0 aromatic heterocycles. The summed E-state index contributed by atoms with van der Waals surface area (Å²) in [4.78, 5) is 51.1. The van der Waals surface area contributed by atoms with Crippen molar-refractivity contribution in [1.29, 1.82) is 0 Å². The molecule has 0 bridgehead atoms. The van der Waals surface area contributed by atoms with E-state index in [1.165, 1.54) is 17.0 Å². The van der Waals surface area contributed by atoms with Crippen LogP contribution in [0.25, 0.3) is 0 Å². The van der Waals surface area contributed by atoms with Gasteiger partial charge in [0, 0.05) is 25.7 Å². The van der Waals surface area contributed by atoms with Crippen molar-refractivity contribution in [3.63, 3.8) is 0 Å². The molecule has 0 heterocycles. The zero-order valence-corrected chi connectivity index (χ0v) is 22.8. The van der Waals surface area contributed by atoms with Crippen LogP contribution in [0.4, 0.5) is 4.79 Å². The van der Waals surface area contributed by atoms with Crippen LogP contribution in [0.1, 0.15) is 37.4 Å². The molecule has 0 aliphatic carbocycles. The highest BCUT2D eigenvalue weighted by atomic mass is 35.5. The standard InChI is InChI=1S/C28H28Cl2N4O5/c1-17-7-6-10-19(11-17)14-31-25(35)20-12-21(29)24(22(30)13-20)26(36)33-23(27(37)38)15-32-28(39)34(2)16-18-8-4-3-5-9-18/h3-13,23H,14-16H2,1-2H3,(H,31,35)(H,32,39)(H,33,36)(H,37,38). The molecule has 0 radical (unpaired) electrons. The molecule has 0 spiro atoms. The van der Waals surface area contributed by atoms with Gasteiger partial charge in [-0.05, 0) is 30.2 Å². The van der Waals surface area contributed by atoms with Gasteiger partial charge in [-0.25, -0.2) is 9.59 Å². The Morgan fingerprint density at radius 2 is 1.51 bits per heavy atom. The fourth-order valence-corrected chi connectivity index (χ4v) is 4.37. The van der Waals surface area contributed by atoms with E-state index in [0.29, 0.717) is 6.54 Å². The molecule has 3 rings (SSSR count). The molecule has 1 unspecified atom stereocenters. The van der Waals surface area contributed by atoms with E-state index in [0.717, 1.165) is 16.7 Å². The van der Waals surface area contributed by atoms with E-state index >= 15 is 0 Å². The molecule has 0 aliphatic heterocycles. The maximum absolute atomic E-state index is 12.9. The quantitative estimate of drug-likeness (QED) is 0.289. The summed E-state index contributed by atoms with van der Waals surface area (Å²) in [5.74, 6) is -2.68. The van der Waals surface area contributed by atoms with E-state index in [4.69, 9.17) is 23.2 Å². The van der Waals surface area contributed by atoms with Gasteiger partial charge < -0.3 is 26.0 Å². The molecular formula is C28H28Cl2N4O5. The van der Waals surface area contributed by atoms with Gasteiger partial charge in [-0.1, -0.05) is 83.4 Å². The Hall–Kier alpha value is -4.08. The minimum atomic E-state index is -1.46. The molecule has 9 nitrogen and oxygen atoms in total. The van der Waals surface area contributed by atoms with Gasteiger partial charge in [0.1, 0.15) is 6.04 Å². The van der Waals surface area contributed by atoms with Crippen LogP contribution in [-0.4, -0.2) is 53.5 Å². The van der Waals surface area contributed by atoms with E-state index in [2.05, 4.69) is 16.0 Å². The first-order valence-corrected chi connectivity index (χ1v) is 12.7. The van der Waals surface area contributed by atoms with Crippen LogP contribution >= 0.6 is 23.2 Å². The van der Waals surface area contributed by atoms with Crippen LogP contribution < -0.4 is 16.0 Å². The second-order valence-electron chi connectivity index (χ2n) is 8.88. The highest BCUT2D eigenvalue weighted by molar-refractivity contribution is 6.40. The summed E-state index contributed by atoms with van der Waals surface area (Å²) in [7, 11) is 1.56. The van der Waals surface area contributed by atoms with Gasteiger partial charge in [-0.15, -0.1) is 0 Å². The number of hydrogen-bond donors (Lipinski definition) is 4. The Labute approximate surface area is 236 Å². The van der Waals surface area contributed by atoms with Crippen molar-refractivity contribution in [2.24, 2.45) is 0 Å². The van der Waals surface area contributed by atoms with E-state index in [-0.39, 0.29) is 34.3 Å². The SMILES string of the molecule is Cc1cccc(CNC(=O)c2cc(Cl)c(C(=O)NC(CNC(=O)N(C)Cc3ccccc3)C(=O)O)c(Cl)c2)c1. The molecule has 0 saturated heterocycles. The van der Waals surface area contributed by atoms with E-state index in [1.54, 1.807) is 7.05 Å². The molecule has 3 aromatic carbocycles. The molecule has 39 heavy (non-hydrogen) atoms. The van der Waals surface area contributed by atoms with E-state index in [1.807, 2.05) is 61.5 Å². The van der Waals surface area contributed by atoms with Crippen molar-refractivity contribution < 1.29 is 24.3 Å². The number of carboxylic acids is 1. The number of carboxylic acid groups (broad SMARTS) is 1. The summed E-state index contributed by atoms with van der Waals surface area (Å²) < 4.78 is 0. The monoisotopic (exact) mass is 570 g/mol. The second-order valence-corrected chi connectivity index (χ2v) is 9.69. The lowest BCUT2D eigenvalue weighted by Gasteiger charge is -2.21. The normalized spacial score (nSPS) is 11.3. The van der Waals surface area contributed by atoms with Gasteiger partial charge in [0.15, 0.2) is 0 Å². The zero-order chi connectivity index (χ0) is 28.5. The average Bonchev–Trinajstić information content (AvgIpc) is 2.89. The Morgan fingerprint density at radius 3 is 2.13 bits per heavy atom. The van der Waals surface area contributed by atoms with Gasteiger partial charge in [-0.3, -0.25) is 9.59 Å². The molecular weight excluding hydrogens is 543 g/mol. The smallest absolute Gasteiger partial charge is 0.328 e. The topological polar surface area (TPSA) is 128 Å². The third-order valence-electron chi connectivity index (χ3n) is 5.74. The number of carbonyl (C=O) groups excluding carboxylic acids is 3. The molecule has 1 atom stereocenters. The third-order valence-corrected chi connectivity index (χ3v) is 6.33. The van der Waals surface area contributed by atoms with Gasteiger partial charge in [0.05, 0.1) is 22.2 Å². The Bertz CT molecular complexity index is 1340. The molecule has 0 aliphatic rings. The highest BCUT2D eigenvalue weighted by Gasteiger charge is 2.25. The number of aliphatic carboxylic acids is 1. The van der Waals surface area contributed by atoms with Gasteiger partial charge in [0.2, 0.25) is 0 Å². The van der Waals surface area contributed by atoms with Crippen LogP contribution in [0, 0.1) is 6.92 Å². The molecule has 0 fully saturated rings. The van der Waals surface area contributed by atoms with Crippen molar-refractivity contribution >= 4 is 47.0 Å². The average molecular weight is 571 g/mol. The molecule has 204 valence electrons. The fourth-order valence-electron chi connectivity index (χ4n) is 3.71. The number of benzene rings is 3. The summed E-state index contributed by atoms with van der Waals surface area (Å²) in [6, 6.07) is 17.5. The molecule has 3 aromatic rings. The number of urea groups is 1. The first-order chi connectivity index (χ1) is 18.5. The minimum absolute atomic E-state index is 0.128. The predicted molar refractivity (Wildman–Crippen MR) is 149 cm³/mol. The Kier molecular flexibility index (Phi) is 10.3. The lowest BCUT2D eigenvalue weighted by Crippen LogP contribution is -2.50. The predicted octanol–water partition coefficient (Wildman–Crippen LogP) is 4.26. The minimum Gasteiger partial charge on any atom is -0.480 e. The molecule has 4 amide bonds. The summed E-state index contributed by atoms with van der Waals surface area (Å²) in [6.45, 7) is 2.16. The van der Waals surface area contributed by atoms with Gasteiger partial charge >= 0.3 is 12.0 Å². The van der Waals surface area contributed by atoms with Crippen LogP contribution in [0.5, 0.6) is 0 Å². The molecule has 4 N–H and O–H groups in total. The van der Waals surface area contributed by atoms with Gasteiger partial charge in [-0.2, -0.15) is 0 Å². The number of halogens is 2. The van der Waals surface area contributed by atoms with Crippen LogP contribution in [0.15, 0.2) is 66.7 Å². The number of amides is 4. The van der Waals surface area contributed by atoms with Crippen molar-refractivity contribution in [1.82, 2.24) is 20.9 Å². The lowest BCUT2D eigenvalue weighted by molar-refractivity contribution is -0.139. The fraction of sp³-hybridized carbons (Fsp3) is 0.214. The third kappa shape index (κ3) is 8.46. The summed E-state index contributed by atoms with van der Waals surface area (Å²) in [5, 5.41) is 16.9. The summed E-state index contributed by atoms with van der Waals surface area (Å²) in [6.07, 6.45) is 0. The van der Waals surface area contributed by atoms with Crippen molar-refractivity contribution in [3.05, 3.63) is 105 Å². The Balaban J connectivity index is 1.61. The highest BCUT2D eigenvalue weighted by Crippen LogP contribution is 2.27. The maximum atomic E-state index is 12.9. The van der Waals surface area contributed by atoms with E-state index in [9.17, 15) is 24.3 Å². The second kappa shape index (κ2) is 13.6. The van der Waals surface area contributed by atoms with Crippen LogP contribution in [0.2, 0.25) is 10.0 Å². The lowest BCUT2D eigenvalue weighted by atomic mass is 10.1. The van der Waals surface area contributed by atoms with Crippen molar-refractivity contribution in [2.45, 2.75) is 26.1 Å². The number of nitrogens with zero attached hydrogens (tertiary/aromatic N) is 1. The van der Waals surface area contributed by atoms with Crippen LogP contribution in [-0.2, 0) is 17.9 Å². The number of aryl methyl sites for hydroxylation is 1. The summed E-state index contributed by atoms with van der Waals surface area (Å²) >= 11 is 12.5. The number of carbonyl (C=O) groups is 4. The van der Waals surface area contributed by atoms with Crippen molar-refractivity contribution in [2.75, 3.05) is 13.6 Å². The first-order valence-electron chi connectivity index (χ1n) is 11.9. The maximum Gasteiger partial charge on any atom is 0.328 e. The van der Waals surface area contributed by atoms with Crippen LogP contribution in [0.3, 0.4) is 0 Å². The van der Waals surface area contributed by atoms with Gasteiger partial charge in [0.25, 0.3) is 11.8 Å².